The molecule has 1 aliphatic carbocycles. The van der Waals surface area contributed by atoms with Crippen LogP contribution >= 0.6 is 0 Å². The number of carbonyl (C=O) groups is 1. The minimum Gasteiger partial charge on any atom is -0.381 e. The summed E-state index contributed by atoms with van der Waals surface area (Å²) in [4.78, 5) is 11.4. The van der Waals surface area contributed by atoms with Crippen molar-refractivity contribution in [1.82, 2.24) is 10.7 Å². The Hall–Kier alpha value is -1.33. The molecule has 5 N–H and O–H groups in total. The molecule has 2 amide bonds. The Bertz CT molecular complexity index is 453. The summed E-state index contributed by atoms with van der Waals surface area (Å²) in [6.07, 6.45) is 4.21. The van der Waals surface area contributed by atoms with Gasteiger partial charge in [0, 0.05) is 12.1 Å². The van der Waals surface area contributed by atoms with E-state index in [0.717, 1.165) is 5.57 Å². The Morgan fingerprint density at radius 3 is 2.20 bits per heavy atom. The molecule has 0 saturated carbocycles. The van der Waals surface area contributed by atoms with Crippen LogP contribution < -0.4 is 16.6 Å². The van der Waals surface area contributed by atoms with Gasteiger partial charge in [-0.3, -0.25) is 5.43 Å². The van der Waals surface area contributed by atoms with E-state index in [9.17, 15) is 9.90 Å². The van der Waals surface area contributed by atoms with E-state index in [-0.39, 0.29) is 10.8 Å². The topological polar surface area (TPSA) is 87.4 Å². The fraction of sp³-hybridized carbons (Fsp3) is 0.667. The number of rotatable bonds is 1. The van der Waals surface area contributed by atoms with Crippen LogP contribution in [0.4, 0.5) is 4.79 Å². The fourth-order valence-corrected chi connectivity index (χ4v) is 2.06. The SMILES string of the molecule is CC(C)(C)C1=CC(O)(C(C)(C)C)C=C(NC(=O)NN)C1. The van der Waals surface area contributed by atoms with Gasteiger partial charge in [0.15, 0.2) is 0 Å². The zero-order valence-corrected chi connectivity index (χ0v) is 13.3. The maximum atomic E-state index is 11.4. The maximum absolute atomic E-state index is 11.4. The summed E-state index contributed by atoms with van der Waals surface area (Å²) < 4.78 is 0. The molecule has 0 heterocycles. The first-order valence-corrected chi connectivity index (χ1v) is 6.83. The Kier molecular flexibility index (Phi) is 4.36. The average Bonchev–Trinajstić information content (AvgIpc) is 2.25. The average molecular weight is 281 g/mol. The number of hydrazine groups is 1. The van der Waals surface area contributed by atoms with Crippen molar-refractivity contribution >= 4 is 6.03 Å². The second-order valence-electron chi connectivity index (χ2n) is 7.44. The lowest BCUT2D eigenvalue weighted by Gasteiger charge is -2.41. The summed E-state index contributed by atoms with van der Waals surface area (Å²) >= 11 is 0. The number of allylic oxidation sites excluding steroid dienone is 1. The van der Waals surface area contributed by atoms with Crippen LogP contribution in [0.1, 0.15) is 48.0 Å². The van der Waals surface area contributed by atoms with E-state index in [1.807, 2.05) is 32.3 Å². The van der Waals surface area contributed by atoms with E-state index in [1.54, 1.807) is 6.08 Å². The second-order valence-corrected chi connectivity index (χ2v) is 7.44. The van der Waals surface area contributed by atoms with Gasteiger partial charge in [-0.1, -0.05) is 47.1 Å². The molecule has 1 aliphatic rings. The molecule has 1 rings (SSSR count). The van der Waals surface area contributed by atoms with E-state index < -0.39 is 11.6 Å². The van der Waals surface area contributed by atoms with Crippen molar-refractivity contribution in [1.29, 1.82) is 0 Å². The number of hydrogen-bond acceptors (Lipinski definition) is 3. The molecule has 20 heavy (non-hydrogen) atoms. The number of urea groups is 1. The van der Waals surface area contributed by atoms with Crippen LogP contribution in [0.5, 0.6) is 0 Å². The molecule has 0 aromatic heterocycles. The molecule has 0 saturated heterocycles. The van der Waals surface area contributed by atoms with Crippen molar-refractivity contribution in [3.8, 4) is 0 Å². The third kappa shape index (κ3) is 3.61. The highest BCUT2D eigenvalue weighted by Crippen LogP contribution is 2.42. The molecule has 114 valence electrons. The van der Waals surface area contributed by atoms with E-state index in [1.165, 1.54) is 0 Å². The molecule has 0 aromatic rings. The van der Waals surface area contributed by atoms with Crippen molar-refractivity contribution < 1.29 is 9.90 Å². The van der Waals surface area contributed by atoms with Gasteiger partial charge in [0.1, 0.15) is 5.60 Å². The normalized spacial score (nSPS) is 23.8. The molecular formula is C15H27N3O2. The molecule has 0 bridgehead atoms. The molecule has 0 aromatic carbocycles. The zero-order chi connectivity index (χ0) is 15.8. The van der Waals surface area contributed by atoms with Crippen molar-refractivity contribution in [2.75, 3.05) is 0 Å². The Balaban J connectivity index is 3.21. The maximum Gasteiger partial charge on any atom is 0.333 e. The first-order valence-electron chi connectivity index (χ1n) is 6.83. The summed E-state index contributed by atoms with van der Waals surface area (Å²) in [5.41, 5.74) is 2.22. The lowest BCUT2D eigenvalue weighted by molar-refractivity contribution is 0.0262. The van der Waals surface area contributed by atoms with Crippen LogP contribution in [-0.2, 0) is 0 Å². The lowest BCUT2D eigenvalue weighted by Crippen LogP contribution is -2.45. The highest BCUT2D eigenvalue weighted by atomic mass is 16.3. The van der Waals surface area contributed by atoms with Crippen molar-refractivity contribution in [2.24, 2.45) is 16.7 Å². The molecule has 1 unspecified atom stereocenters. The smallest absolute Gasteiger partial charge is 0.333 e. The van der Waals surface area contributed by atoms with Gasteiger partial charge in [0.2, 0.25) is 0 Å². The van der Waals surface area contributed by atoms with Gasteiger partial charge in [0.25, 0.3) is 0 Å². The van der Waals surface area contributed by atoms with Crippen molar-refractivity contribution in [3.63, 3.8) is 0 Å². The molecule has 0 spiro atoms. The van der Waals surface area contributed by atoms with Gasteiger partial charge >= 0.3 is 6.03 Å². The highest BCUT2D eigenvalue weighted by Gasteiger charge is 2.40. The number of hydrogen-bond donors (Lipinski definition) is 4. The summed E-state index contributed by atoms with van der Waals surface area (Å²) in [5.74, 6) is 5.10. The molecule has 0 fully saturated rings. The van der Waals surface area contributed by atoms with E-state index in [2.05, 4.69) is 26.1 Å². The molecule has 5 nitrogen and oxygen atoms in total. The first-order chi connectivity index (χ1) is 8.89. The second kappa shape index (κ2) is 5.22. The highest BCUT2D eigenvalue weighted by molar-refractivity contribution is 5.75. The Morgan fingerprint density at radius 1 is 1.25 bits per heavy atom. The first kappa shape index (κ1) is 16.7. The van der Waals surface area contributed by atoms with Gasteiger partial charge in [0.05, 0.1) is 0 Å². The number of nitrogens with two attached hydrogens (primary N) is 1. The van der Waals surface area contributed by atoms with Crippen LogP contribution in [0.2, 0.25) is 0 Å². The quantitative estimate of drug-likeness (QED) is 0.257. The molecule has 1 atom stereocenters. The van der Waals surface area contributed by atoms with Crippen LogP contribution in [0, 0.1) is 10.8 Å². The Labute approximate surface area is 121 Å². The van der Waals surface area contributed by atoms with E-state index in [4.69, 9.17) is 5.84 Å². The number of carbonyl (C=O) groups excluding carboxylic acids is 1. The lowest BCUT2D eigenvalue weighted by atomic mass is 9.69. The Morgan fingerprint density at radius 2 is 1.80 bits per heavy atom. The number of nitrogens with one attached hydrogen (secondary N) is 2. The van der Waals surface area contributed by atoms with Crippen LogP contribution in [-0.4, -0.2) is 16.7 Å². The minimum absolute atomic E-state index is 0.0837. The summed E-state index contributed by atoms with van der Waals surface area (Å²) in [6.45, 7) is 12.2. The number of aliphatic hydroxyl groups is 1. The number of amides is 2. The monoisotopic (exact) mass is 281 g/mol. The van der Waals surface area contributed by atoms with Crippen LogP contribution in [0.3, 0.4) is 0 Å². The van der Waals surface area contributed by atoms with Crippen LogP contribution in [0.15, 0.2) is 23.4 Å². The standard InChI is InChI=1S/C15H27N3O2/c1-13(2,3)10-7-11(17-12(19)18-16)9-15(20,8-10)14(4,5)6/h8-9,20H,7,16H2,1-6H3,(H2,17,18,19). The fourth-order valence-electron chi connectivity index (χ4n) is 2.06. The minimum atomic E-state index is -1.11. The van der Waals surface area contributed by atoms with E-state index in [0.29, 0.717) is 12.1 Å². The summed E-state index contributed by atoms with van der Waals surface area (Å²) in [6, 6.07) is -0.484. The predicted molar refractivity (Wildman–Crippen MR) is 80.5 cm³/mol. The van der Waals surface area contributed by atoms with E-state index >= 15 is 0 Å². The third-order valence-corrected chi connectivity index (χ3v) is 3.74. The molecule has 0 radical (unpaired) electrons. The summed E-state index contributed by atoms with van der Waals surface area (Å²) in [5, 5.41) is 13.6. The van der Waals surface area contributed by atoms with Gasteiger partial charge in [-0.05, 0) is 23.0 Å². The van der Waals surface area contributed by atoms with Gasteiger partial charge in [-0.2, -0.15) is 0 Å². The van der Waals surface area contributed by atoms with Gasteiger partial charge in [-0.15, -0.1) is 0 Å². The van der Waals surface area contributed by atoms with Crippen LogP contribution in [0.25, 0.3) is 0 Å². The third-order valence-electron chi connectivity index (χ3n) is 3.74. The van der Waals surface area contributed by atoms with Gasteiger partial charge in [-0.25, -0.2) is 10.6 Å². The summed E-state index contributed by atoms with van der Waals surface area (Å²) in [7, 11) is 0. The largest absolute Gasteiger partial charge is 0.381 e. The van der Waals surface area contributed by atoms with Crippen molar-refractivity contribution in [3.05, 3.63) is 23.4 Å². The van der Waals surface area contributed by atoms with Crippen molar-refractivity contribution in [2.45, 2.75) is 53.6 Å². The molecular weight excluding hydrogens is 254 g/mol. The van der Waals surface area contributed by atoms with Gasteiger partial charge < -0.3 is 10.4 Å². The molecule has 0 aliphatic heterocycles. The molecule has 5 heteroatoms. The predicted octanol–water partition coefficient (Wildman–Crippen LogP) is 2.20. The zero-order valence-electron chi connectivity index (χ0n) is 13.3.